The SMILES string of the molecule is Cc1ccc(C(O)(c2ccc([N+](=O)[O-])cc2)C(F)(F)F)cc1. The standard InChI is InChI=1S/C15H12F3NO3/c1-10-2-4-11(5-3-10)14(20,15(16,17)18)12-6-8-13(9-7-12)19(21)22/h2-9,20H,1H3. The van der Waals surface area contributed by atoms with Crippen LogP contribution in [0.25, 0.3) is 0 Å². The van der Waals surface area contributed by atoms with Gasteiger partial charge in [0.15, 0.2) is 0 Å². The summed E-state index contributed by atoms with van der Waals surface area (Å²) < 4.78 is 40.4. The molecule has 0 aliphatic heterocycles. The molecule has 0 bridgehead atoms. The number of aliphatic hydroxyl groups is 1. The van der Waals surface area contributed by atoms with Crippen LogP contribution in [0.3, 0.4) is 0 Å². The Balaban J connectivity index is 2.59. The zero-order chi connectivity index (χ0) is 16.5. The van der Waals surface area contributed by atoms with Crippen LogP contribution in [-0.2, 0) is 5.60 Å². The van der Waals surface area contributed by atoms with Gasteiger partial charge < -0.3 is 5.11 Å². The first-order valence-corrected chi connectivity index (χ1v) is 6.27. The molecule has 0 saturated carbocycles. The van der Waals surface area contributed by atoms with Crippen LogP contribution in [0.4, 0.5) is 18.9 Å². The maximum Gasteiger partial charge on any atom is 0.425 e. The van der Waals surface area contributed by atoms with Gasteiger partial charge in [0.05, 0.1) is 4.92 Å². The monoisotopic (exact) mass is 311 g/mol. The first-order valence-electron chi connectivity index (χ1n) is 6.27. The number of halogens is 3. The molecule has 7 heteroatoms. The summed E-state index contributed by atoms with van der Waals surface area (Å²) in [6.45, 7) is 1.71. The average Bonchev–Trinajstić information content (AvgIpc) is 2.46. The molecule has 1 atom stereocenters. The predicted octanol–water partition coefficient (Wildman–Crippen LogP) is 3.70. The van der Waals surface area contributed by atoms with Gasteiger partial charge in [-0.15, -0.1) is 0 Å². The van der Waals surface area contributed by atoms with E-state index in [4.69, 9.17) is 0 Å². The number of hydrogen-bond acceptors (Lipinski definition) is 3. The minimum atomic E-state index is -4.97. The third kappa shape index (κ3) is 2.67. The molecule has 2 rings (SSSR count). The van der Waals surface area contributed by atoms with E-state index in [0.717, 1.165) is 29.8 Å². The predicted molar refractivity (Wildman–Crippen MR) is 73.3 cm³/mol. The number of non-ortho nitro benzene ring substituents is 1. The summed E-state index contributed by atoms with van der Waals surface area (Å²) in [5.41, 5.74) is -3.65. The van der Waals surface area contributed by atoms with Crippen molar-refractivity contribution in [2.45, 2.75) is 18.7 Å². The molecule has 0 spiro atoms. The largest absolute Gasteiger partial charge is 0.425 e. The number of nitro benzene ring substituents is 1. The van der Waals surface area contributed by atoms with Crippen LogP contribution in [0.2, 0.25) is 0 Å². The van der Waals surface area contributed by atoms with Gasteiger partial charge >= 0.3 is 6.18 Å². The molecule has 0 aliphatic carbocycles. The first-order chi connectivity index (χ1) is 10.2. The zero-order valence-corrected chi connectivity index (χ0v) is 11.5. The van der Waals surface area contributed by atoms with Crippen molar-refractivity contribution < 1.29 is 23.2 Å². The Labute approximate surface area is 124 Å². The van der Waals surface area contributed by atoms with Gasteiger partial charge in [0.1, 0.15) is 0 Å². The summed E-state index contributed by atoms with van der Waals surface area (Å²) in [7, 11) is 0. The molecule has 4 nitrogen and oxygen atoms in total. The van der Waals surface area contributed by atoms with Gasteiger partial charge in [-0.2, -0.15) is 13.2 Å². The molecule has 2 aromatic carbocycles. The lowest BCUT2D eigenvalue weighted by atomic mass is 9.85. The van der Waals surface area contributed by atoms with Crippen molar-refractivity contribution in [3.8, 4) is 0 Å². The van der Waals surface area contributed by atoms with Gasteiger partial charge in [0.25, 0.3) is 5.69 Å². The number of aryl methyl sites for hydroxylation is 1. The summed E-state index contributed by atoms with van der Waals surface area (Å²) in [6.07, 6.45) is -4.97. The Morgan fingerprint density at radius 3 is 1.73 bits per heavy atom. The second kappa shape index (κ2) is 5.42. The highest BCUT2D eigenvalue weighted by atomic mass is 19.4. The van der Waals surface area contributed by atoms with Crippen LogP contribution in [0, 0.1) is 17.0 Å². The number of benzene rings is 2. The van der Waals surface area contributed by atoms with Gasteiger partial charge in [-0.3, -0.25) is 10.1 Å². The van der Waals surface area contributed by atoms with E-state index in [1.807, 2.05) is 0 Å². The van der Waals surface area contributed by atoms with E-state index < -0.39 is 22.3 Å². The van der Waals surface area contributed by atoms with Crippen LogP contribution >= 0.6 is 0 Å². The van der Waals surface area contributed by atoms with E-state index >= 15 is 0 Å². The molecule has 2 aromatic rings. The van der Waals surface area contributed by atoms with Crippen molar-refractivity contribution in [3.63, 3.8) is 0 Å². The zero-order valence-electron chi connectivity index (χ0n) is 11.5. The van der Waals surface area contributed by atoms with Gasteiger partial charge in [-0.25, -0.2) is 0 Å². The second-order valence-electron chi connectivity index (χ2n) is 4.88. The fraction of sp³-hybridized carbons (Fsp3) is 0.200. The maximum absolute atomic E-state index is 13.5. The van der Waals surface area contributed by atoms with Crippen LogP contribution in [0.5, 0.6) is 0 Å². The highest BCUT2D eigenvalue weighted by Crippen LogP contribution is 2.44. The van der Waals surface area contributed by atoms with Gasteiger partial charge in [-0.1, -0.05) is 29.8 Å². The lowest BCUT2D eigenvalue weighted by Gasteiger charge is -2.31. The fourth-order valence-corrected chi connectivity index (χ4v) is 2.11. The fourth-order valence-electron chi connectivity index (χ4n) is 2.11. The number of alkyl halides is 3. The third-order valence-corrected chi connectivity index (χ3v) is 3.38. The summed E-state index contributed by atoms with van der Waals surface area (Å²) in [5, 5.41) is 20.9. The van der Waals surface area contributed by atoms with Gasteiger partial charge in [0.2, 0.25) is 5.60 Å². The van der Waals surface area contributed by atoms with Crippen molar-refractivity contribution in [1.29, 1.82) is 0 Å². The normalized spacial score (nSPS) is 14.4. The molecule has 22 heavy (non-hydrogen) atoms. The Morgan fingerprint density at radius 1 is 0.955 bits per heavy atom. The molecular weight excluding hydrogens is 299 g/mol. The van der Waals surface area contributed by atoms with Crippen molar-refractivity contribution >= 4 is 5.69 Å². The third-order valence-electron chi connectivity index (χ3n) is 3.38. The molecule has 1 unspecified atom stereocenters. The quantitative estimate of drug-likeness (QED) is 0.694. The summed E-state index contributed by atoms with van der Waals surface area (Å²) in [5.74, 6) is 0. The molecule has 0 saturated heterocycles. The van der Waals surface area contributed by atoms with E-state index in [1.165, 1.54) is 24.3 Å². The molecule has 0 radical (unpaired) electrons. The maximum atomic E-state index is 13.5. The van der Waals surface area contributed by atoms with Crippen LogP contribution in [0.1, 0.15) is 16.7 Å². The summed E-state index contributed by atoms with van der Waals surface area (Å²) >= 11 is 0. The van der Waals surface area contributed by atoms with Gasteiger partial charge in [0, 0.05) is 12.1 Å². The van der Waals surface area contributed by atoms with Crippen molar-refractivity contribution in [3.05, 3.63) is 75.3 Å². The average molecular weight is 311 g/mol. The second-order valence-corrected chi connectivity index (χ2v) is 4.88. The van der Waals surface area contributed by atoms with E-state index in [-0.39, 0.29) is 11.3 Å². The first kappa shape index (κ1) is 16.0. The molecule has 0 amide bonds. The van der Waals surface area contributed by atoms with Crippen LogP contribution in [0.15, 0.2) is 48.5 Å². The minimum Gasteiger partial charge on any atom is -0.372 e. The van der Waals surface area contributed by atoms with E-state index in [0.29, 0.717) is 0 Å². The van der Waals surface area contributed by atoms with Crippen LogP contribution in [-0.4, -0.2) is 16.2 Å². The Morgan fingerprint density at radius 2 is 1.36 bits per heavy atom. The van der Waals surface area contributed by atoms with Crippen molar-refractivity contribution in [2.75, 3.05) is 0 Å². The molecule has 0 heterocycles. The van der Waals surface area contributed by atoms with E-state index in [9.17, 15) is 28.4 Å². The van der Waals surface area contributed by atoms with E-state index in [2.05, 4.69) is 0 Å². The molecule has 116 valence electrons. The van der Waals surface area contributed by atoms with Crippen molar-refractivity contribution in [1.82, 2.24) is 0 Å². The summed E-state index contributed by atoms with van der Waals surface area (Å²) in [6, 6.07) is 8.96. The topological polar surface area (TPSA) is 63.4 Å². The number of nitro groups is 1. The molecule has 0 fully saturated rings. The Hall–Kier alpha value is -2.41. The molecule has 0 aromatic heterocycles. The molecule has 1 N–H and O–H groups in total. The smallest absolute Gasteiger partial charge is 0.372 e. The molecule has 0 aliphatic rings. The minimum absolute atomic E-state index is 0.348. The number of nitrogens with zero attached hydrogens (tertiary/aromatic N) is 1. The number of rotatable bonds is 3. The highest BCUT2D eigenvalue weighted by molar-refractivity contribution is 5.43. The van der Waals surface area contributed by atoms with Crippen LogP contribution < -0.4 is 0 Å². The Kier molecular flexibility index (Phi) is 3.93. The Bertz CT molecular complexity index is 681. The van der Waals surface area contributed by atoms with Crippen molar-refractivity contribution in [2.24, 2.45) is 0 Å². The van der Waals surface area contributed by atoms with E-state index in [1.54, 1.807) is 6.92 Å². The molecular formula is C15H12F3NO3. The lowest BCUT2D eigenvalue weighted by molar-refractivity contribution is -0.384. The number of hydrogen-bond donors (Lipinski definition) is 1. The van der Waals surface area contributed by atoms with Gasteiger partial charge in [-0.05, 0) is 30.2 Å². The summed E-state index contributed by atoms with van der Waals surface area (Å²) in [4.78, 5) is 9.87. The lowest BCUT2D eigenvalue weighted by Crippen LogP contribution is -2.43. The highest BCUT2D eigenvalue weighted by Gasteiger charge is 2.56.